The topological polar surface area (TPSA) is 75.2 Å². The summed E-state index contributed by atoms with van der Waals surface area (Å²) in [7, 11) is 1.73. The van der Waals surface area contributed by atoms with Crippen LogP contribution in [0.3, 0.4) is 0 Å². The lowest BCUT2D eigenvalue weighted by molar-refractivity contribution is 0.0718. The molecule has 2 aromatic carbocycles. The SMILES string of the molecule is Cc1nc(C(=O)N(C)[C@H](CCNC(=O)c2ccccn2)Cc2ccccc2)c(-c2ccccc2F)s1. The van der Waals surface area contributed by atoms with Crippen molar-refractivity contribution >= 4 is 23.2 Å². The van der Waals surface area contributed by atoms with Crippen molar-refractivity contribution in [2.75, 3.05) is 13.6 Å². The first-order valence-electron chi connectivity index (χ1n) is 11.7. The van der Waals surface area contributed by atoms with E-state index >= 15 is 0 Å². The number of likely N-dealkylation sites (N-methyl/N-ethyl adjacent to an activating group) is 1. The predicted molar refractivity (Wildman–Crippen MR) is 139 cm³/mol. The number of halogens is 1. The highest BCUT2D eigenvalue weighted by Crippen LogP contribution is 2.33. The molecule has 0 aliphatic rings. The van der Waals surface area contributed by atoms with E-state index < -0.39 is 5.82 Å². The lowest BCUT2D eigenvalue weighted by Gasteiger charge is -2.28. The number of thiazole rings is 1. The number of aryl methyl sites for hydroxylation is 1. The minimum atomic E-state index is -0.393. The Morgan fingerprint density at radius 3 is 2.47 bits per heavy atom. The molecule has 0 saturated carbocycles. The summed E-state index contributed by atoms with van der Waals surface area (Å²) < 4.78 is 14.6. The van der Waals surface area contributed by atoms with Gasteiger partial charge in [0.1, 0.15) is 17.2 Å². The van der Waals surface area contributed by atoms with Crippen molar-refractivity contribution in [3.8, 4) is 10.4 Å². The Kier molecular flexibility index (Phi) is 8.17. The minimum Gasteiger partial charge on any atom is -0.351 e. The normalized spacial score (nSPS) is 11.6. The van der Waals surface area contributed by atoms with Gasteiger partial charge in [-0.05, 0) is 43.5 Å². The van der Waals surface area contributed by atoms with Crippen LogP contribution >= 0.6 is 11.3 Å². The molecule has 1 N–H and O–H groups in total. The highest BCUT2D eigenvalue weighted by molar-refractivity contribution is 7.15. The van der Waals surface area contributed by atoms with Gasteiger partial charge in [0.15, 0.2) is 0 Å². The molecule has 0 unspecified atom stereocenters. The van der Waals surface area contributed by atoms with E-state index in [0.29, 0.717) is 40.5 Å². The van der Waals surface area contributed by atoms with Gasteiger partial charge in [-0.3, -0.25) is 14.6 Å². The summed E-state index contributed by atoms with van der Waals surface area (Å²) in [5.41, 5.74) is 2.01. The second kappa shape index (κ2) is 11.7. The summed E-state index contributed by atoms with van der Waals surface area (Å²) in [6.45, 7) is 2.17. The first-order valence-corrected chi connectivity index (χ1v) is 12.5. The number of carbonyl (C=O) groups is 2. The van der Waals surface area contributed by atoms with Crippen LogP contribution in [0, 0.1) is 12.7 Å². The van der Waals surface area contributed by atoms with Crippen LogP contribution in [-0.2, 0) is 6.42 Å². The Hall–Kier alpha value is -3.91. The molecule has 2 aromatic heterocycles. The molecule has 0 aliphatic heterocycles. The highest BCUT2D eigenvalue weighted by atomic mass is 32.1. The Bertz CT molecular complexity index is 1330. The van der Waals surface area contributed by atoms with Crippen molar-refractivity contribution in [3.63, 3.8) is 0 Å². The van der Waals surface area contributed by atoms with Crippen LogP contribution in [0.4, 0.5) is 4.39 Å². The monoisotopic (exact) mass is 502 g/mol. The summed E-state index contributed by atoms with van der Waals surface area (Å²) in [5, 5.41) is 3.58. The molecule has 36 heavy (non-hydrogen) atoms. The molecule has 2 amide bonds. The smallest absolute Gasteiger partial charge is 0.273 e. The molecule has 0 spiro atoms. The van der Waals surface area contributed by atoms with E-state index in [1.807, 2.05) is 30.3 Å². The Morgan fingerprint density at radius 1 is 1.03 bits per heavy atom. The molecule has 2 heterocycles. The van der Waals surface area contributed by atoms with Crippen LogP contribution in [0.2, 0.25) is 0 Å². The zero-order valence-corrected chi connectivity index (χ0v) is 21.0. The van der Waals surface area contributed by atoms with Crippen LogP contribution in [-0.4, -0.2) is 46.3 Å². The molecule has 4 rings (SSSR count). The van der Waals surface area contributed by atoms with Gasteiger partial charge in [0.25, 0.3) is 11.8 Å². The number of hydrogen-bond acceptors (Lipinski definition) is 5. The lowest BCUT2D eigenvalue weighted by atomic mass is 10.0. The number of aromatic nitrogens is 2. The maximum Gasteiger partial charge on any atom is 0.273 e. The number of benzene rings is 2. The van der Waals surface area contributed by atoms with Gasteiger partial charge >= 0.3 is 0 Å². The fourth-order valence-electron chi connectivity index (χ4n) is 3.99. The van der Waals surface area contributed by atoms with Gasteiger partial charge < -0.3 is 10.2 Å². The summed E-state index contributed by atoms with van der Waals surface area (Å²) in [5.74, 6) is -0.939. The zero-order valence-electron chi connectivity index (χ0n) is 20.1. The van der Waals surface area contributed by atoms with Crippen LogP contribution in [0.15, 0.2) is 79.0 Å². The number of nitrogens with one attached hydrogen (secondary N) is 1. The van der Waals surface area contributed by atoms with Gasteiger partial charge in [0, 0.05) is 31.4 Å². The quantitative estimate of drug-likeness (QED) is 0.343. The summed E-state index contributed by atoms with van der Waals surface area (Å²) in [6, 6.07) is 21.2. The second-order valence-electron chi connectivity index (χ2n) is 8.41. The van der Waals surface area contributed by atoms with Gasteiger partial charge in [-0.25, -0.2) is 9.37 Å². The van der Waals surface area contributed by atoms with Crippen molar-refractivity contribution in [2.24, 2.45) is 0 Å². The molecule has 0 fully saturated rings. The molecule has 6 nitrogen and oxygen atoms in total. The van der Waals surface area contributed by atoms with Gasteiger partial charge in [-0.1, -0.05) is 54.6 Å². The second-order valence-corrected chi connectivity index (χ2v) is 9.61. The third-order valence-electron chi connectivity index (χ3n) is 5.90. The van der Waals surface area contributed by atoms with E-state index in [-0.39, 0.29) is 23.6 Å². The molecule has 0 saturated heterocycles. The van der Waals surface area contributed by atoms with E-state index in [2.05, 4.69) is 15.3 Å². The molecule has 4 aromatic rings. The maximum absolute atomic E-state index is 14.6. The summed E-state index contributed by atoms with van der Waals surface area (Å²) >= 11 is 1.30. The molecular formula is C28H27FN4O2S. The molecule has 1 atom stereocenters. The predicted octanol–water partition coefficient (Wildman–Crippen LogP) is 5.16. The van der Waals surface area contributed by atoms with E-state index in [4.69, 9.17) is 0 Å². The number of pyridine rings is 1. The average Bonchev–Trinajstić information content (AvgIpc) is 3.29. The first-order chi connectivity index (χ1) is 17.4. The van der Waals surface area contributed by atoms with Crippen molar-refractivity contribution in [3.05, 3.63) is 107 Å². The van der Waals surface area contributed by atoms with Crippen LogP contribution < -0.4 is 5.32 Å². The van der Waals surface area contributed by atoms with Crippen molar-refractivity contribution in [1.29, 1.82) is 0 Å². The average molecular weight is 503 g/mol. The van der Waals surface area contributed by atoms with Crippen molar-refractivity contribution < 1.29 is 14.0 Å². The molecule has 8 heteroatoms. The fraction of sp³-hybridized carbons (Fsp3) is 0.214. The Labute approximate surface area is 213 Å². The van der Waals surface area contributed by atoms with E-state index in [0.717, 1.165) is 5.56 Å². The van der Waals surface area contributed by atoms with Crippen LogP contribution in [0.25, 0.3) is 10.4 Å². The van der Waals surface area contributed by atoms with Gasteiger partial charge in [0.2, 0.25) is 0 Å². The fourth-order valence-corrected chi connectivity index (χ4v) is 4.93. The first kappa shape index (κ1) is 25.2. The van der Waals surface area contributed by atoms with Gasteiger partial charge in [0.05, 0.1) is 9.88 Å². The lowest BCUT2D eigenvalue weighted by Crippen LogP contribution is -2.41. The summed E-state index contributed by atoms with van der Waals surface area (Å²) in [4.78, 5) is 36.8. The molecule has 184 valence electrons. The van der Waals surface area contributed by atoms with Gasteiger partial charge in [-0.2, -0.15) is 0 Å². The number of carbonyl (C=O) groups excluding carboxylic acids is 2. The molecule has 0 radical (unpaired) electrons. The van der Waals surface area contributed by atoms with Crippen molar-refractivity contribution in [1.82, 2.24) is 20.2 Å². The Morgan fingerprint density at radius 2 is 1.75 bits per heavy atom. The van der Waals surface area contributed by atoms with Crippen LogP contribution in [0.1, 0.15) is 38.0 Å². The van der Waals surface area contributed by atoms with E-state index in [1.54, 1.807) is 61.5 Å². The maximum atomic E-state index is 14.6. The van der Waals surface area contributed by atoms with Crippen molar-refractivity contribution in [2.45, 2.75) is 25.8 Å². The molecule has 0 bridgehead atoms. The zero-order chi connectivity index (χ0) is 25.5. The summed E-state index contributed by atoms with van der Waals surface area (Å²) in [6.07, 6.45) is 2.69. The number of amides is 2. The molecule has 0 aliphatic carbocycles. The molecular weight excluding hydrogens is 475 g/mol. The van der Waals surface area contributed by atoms with Crippen LogP contribution in [0.5, 0.6) is 0 Å². The third kappa shape index (κ3) is 6.01. The minimum absolute atomic E-state index is 0.223. The number of nitrogens with zero attached hydrogens (tertiary/aromatic N) is 3. The Balaban J connectivity index is 1.55. The number of rotatable bonds is 9. The van der Waals surface area contributed by atoms with E-state index in [1.165, 1.54) is 17.4 Å². The highest BCUT2D eigenvalue weighted by Gasteiger charge is 2.27. The largest absolute Gasteiger partial charge is 0.351 e. The van der Waals surface area contributed by atoms with E-state index in [9.17, 15) is 14.0 Å². The number of hydrogen-bond donors (Lipinski definition) is 1. The van der Waals surface area contributed by atoms with Gasteiger partial charge in [-0.15, -0.1) is 11.3 Å². The third-order valence-corrected chi connectivity index (χ3v) is 6.90. The standard InChI is InChI=1S/C28H27FN4O2S/c1-19-32-25(26(36-19)22-12-6-7-13-23(22)29)28(35)33(2)21(18-20-10-4-3-5-11-20)15-17-31-27(34)24-14-8-9-16-30-24/h3-14,16,21H,15,17-18H2,1-2H3,(H,31,34)/t21-/m1/s1.